The van der Waals surface area contributed by atoms with Crippen LogP contribution in [0.1, 0.15) is 27.2 Å². The summed E-state index contributed by atoms with van der Waals surface area (Å²) < 4.78 is 12.4. The number of nitrogens with zero attached hydrogens (tertiary/aromatic N) is 3. The molecular weight excluding hydrogens is 468 g/mol. The zero-order valence-corrected chi connectivity index (χ0v) is 19.9. The summed E-state index contributed by atoms with van der Waals surface area (Å²) in [6, 6.07) is 13.1. The van der Waals surface area contributed by atoms with Crippen LogP contribution in [0.3, 0.4) is 0 Å². The molecule has 0 atom stereocenters. The zero-order valence-electron chi connectivity index (χ0n) is 19.1. The molecule has 1 fully saturated rings. The minimum atomic E-state index is -0.393. The standard InChI is InChI=1S/C25H22N4O5S/c1-15-4-3-5-18(10-15)29-16(2)19(13-27-29)23(30)26-8-9-28-24(31)22(35-25(28)32)12-17-6-7-20-21(11-17)34-14-33-20/h3-7,10-13H,8-9,14H2,1-2H3,(H,26,30)/b22-12-. The lowest BCUT2D eigenvalue weighted by atomic mass is 10.2. The monoisotopic (exact) mass is 490 g/mol. The van der Waals surface area contributed by atoms with Crippen molar-refractivity contribution in [2.75, 3.05) is 19.9 Å². The van der Waals surface area contributed by atoms with Crippen molar-refractivity contribution in [2.45, 2.75) is 13.8 Å². The Labute approximate surface area is 205 Å². The highest BCUT2D eigenvalue weighted by Gasteiger charge is 2.34. The molecule has 2 aliphatic heterocycles. The Morgan fingerprint density at radius 3 is 2.80 bits per heavy atom. The number of amides is 3. The molecule has 0 spiro atoms. The lowest BCUT2D eigenvalue weighted by Crippen LogP contribution is -2.37. The normalized spacial score (nSPS) is 15.8. The Hall–Kier alpha value is -4.05. The van der Waals surface area contributed by atoms with Crippen molar-refractivity contribution >= 4 is 34.9 Å². The molecule has 0 radical (unpaired) electrons. The van der Waals surface area contributed by atoms with E-state index in [0.29, 0.717) is 27.7 Å². The van der Waals surface area contributed by atoms with Gasteiger partial charge in [-0.05, 0) is 67.1 Å². The number of benzene rings is 2. The number of thioether (sulfide) groups is 1. The molecule has 9 nitrogen and oxygen atoms in total. The topological polar surface area (TPSA) is 103 Å². The molecule has 1 saturated heterocycles. The van der Waals surface area contributed by atoms with Crippen molar-refractivity contribution in [1.29, 1.82) is 0 Å². The third-order valence-corrected chi connectivity index (χ3v) is 6.60. The van der Waals surface area contributed by atoms with Gasteiger partial charge in [-0.25, -0.2) is 4.68 Å². The van der Waals surface area contributed by atoms with Gasteiger partial charge in [0.25, 0.3) is 17.1 Å². The van der Waals surface area contributed by atoms with Gasteiger partial charge in [-0.1, -0.05) is 18.2 Å². The lowest BCUT2D eigenvalue weighted by Gasteiger charge is -2.13. The summed E-state index contributed by atoms with van der Waals surface area (Å²) in [5.74, 6) is 0.534. The number of carbonyl (C=O) groups excluding carboxylic acids is 3. The fraction of sp³-hybridized carbons (Fsp3) is 0.200. The maximum absolute atomic E-state index is 12.8. The molecule has 1 aromatic heterocycles. The van der Waals surface area contributed by atoms with Gasteiger partial charge in [-0.3, -0.25) is 19.3 Å². The first-order valence-electron chi connectivity index (χ1n) is 11.0. The first kappa shape index (κ1) is 22.7. The second-order valence-corrected chi connectivity index (χ2v) is 9.09. The average Bonchev–Trinajstić information content (AvgIpc) is 3.52. The molecular formula is C25H22N4O5S. The number of fused-ring (bicyclic) bond motifs is 1. The van der Waals surface area contributed by atoms with Gasteiger partial charge in [0.05, 0.1) is 28.0 Å². The van der Waals surface area contributed by atoms with Crippen LogP contribution in [0.2, 0.25) is 0 Å². The number of carbonyl (C=O) groups is 3. The van der Waals surface area contributed by atoms with Crippen LogP contribution in [0, 0.1) is 13.8 Å². The number of ether oxygens (including phenoxy) is 2. The Morgan fingerprint density at radius 1 is 1.14 bits per heavy atom. The summed E-state index contributed by atoms with van der Waals surface area (Å²) in [4.78, 5) is 39.4. The smallest absolute Gasteiger partial charge is 0.293 e. The molecule has 0 bridgehead atoms. The number of imide groups is 1. The van der Waals surface area contributed by atoms with Crippen LogP contribution in [0.25, 0.3) is 11.8 Å². The zero-order chi connectivity index (χ0) is 24.5. The summed E-state index contributed by atoms with van der Waals surface area (Å²) >= 11 is 0.870. The molecule has 0 unspecified atom stereocenters. The van der Waals surface area contributed by atoms with Gasteiger partial charge in [0.2, 0.25) is 6.79 Å². The highest BCUT2D eigenvalue weighted by Crippen LogP contribution is 2.36. The highest BCUT2D eigenvalue weighted by atomic mass is 32.2. The van der Waals surface area contributed by atoms with E-state index in [2.05, 4.69) is 10.4 Å². The average molecular weight is 491 g/mol. The summed E-state index contributed by atoms with van der Waals surface area (Å²) in [6.07, 6.45) is 3.16. The summed E-state index contributed by atoms with van der Waals surface area (Å²) in [7, 11) is 0. The molecule has 3 aromatic rings. The Morgan fingerprint density at radius 2 is 1.97 bits per heavy atom. The minimum Gasteiger partial charge on any atom is -0.454 e. The maximum atomic E-state index is 12.8. The first-order valence-corrected chi connectivity index (χ1v) is 11.8. The molecule has 3 heterocycles. The lowest BCUT2D eigenvalue weighted by molar-refractivity contribution is -0.122. The third kappa shape index (κ3) is 4.52. The Bertz CT molecular complexity index is 1380. The molecule has 3 amide bonds. The predicted molar refractivity (Wildman–Crippen MR) is 131 cm³/mol. The van der Waals surface area contributed by atoms with Gasteiger partial charge in [0.15, 0.2) is 11.5 Å². The molecule has 2 aromatic carbocycles. The van der Waals surface area contributed by atoms with Gasteiger partial charge >= 0.3 is 0 Å². The third-order valence-electron chi connectivity index (χ3n) is 5.69. The van der Waals surface area contributed by atoms with Gasteiger partial charge in [-0.2, -0.15) is 5.10 Å². The molecule has 5 rings (SSSR count). The van der Waals surface area contributed by atoms with Gasteiger partial charge in [0, 0.05) is 13.1 Å². The van der Waals surface area contributed by atoms with Crippen LogP contribution in [0.4, 0.5) is 4.79 Å². The summed E-state index contributed by atoms with van der Waals surface area (Å²) in [6.45, 7) is 4.17. The van der Waals surface area contributed by atoms with Crippen LogP contribution < -0.4 is 14.8 Å². The maximum Gasteiger partial charge on any atom is 0.293 e. The number of aryl methyl sites for hydroxylation is 1. The number of aromatic nitrogens is 2. The Balaban J connectivity index is 1.21. The van der Waals surface area contributed by atoms with E-state index in [4.69, 9.17) is 9.47 Å². The van der Waals surface area contributed by atoms with Crippen molar-refractivity contribution < 1.29 is 23.9 Å². The van der Waals surface area contributed by atoms with Crippen LogP contribution in [-0.2, 0) is 4.79 Å². The van der Waals surface area contributed by atoms with Crippen LogP contribution in [0.15, 0.2) is 53.6 Å². The Kier molecular flexibility index (Phi) is 6.04. The number of hydrogen-bond donors (Lipinski definition) is 1. The van der Waals surface area contributed by atoms with E-state index in [-0.39, 0.29) is 31.0 Å². The predicted octanol–water partition coefficient (Wildman–Crippen LogP) is 3.68. The highest BCUT2D eigenvalue weighted by molar-refractivity contribution is 8.18. The van der Waals surface area contributed by atoms with Crippen molar-refractivity contribution in [2.24, 2.45) is 0 Å². The van der Waals surface area contributed by atoms with Crippen LogP contribution in [0.5, 0.6) is 11.5 Å². The molecule has 2 aliphatic rings. The van der Waals surface area contributed by atoms with E-state index in [9.17, 15) is 14.4 Å². The van der Waals surface area contributed by atoms with Crippen molar-refractivity contribution in [3.63, 3.8) is 0 Å². The fourth-order valence-electron chi connectivity index (χ4n) is 3.88. The van der Waals surface area contributed by atoms with Crippen molar-refractivity contribution in [1.82, 2.24) is 20.0 Å². The van der Waals surface area contributed by atoms with Gasteiger partial charge < -0.3 is 14.8 Å². The molecule has 1 N–H and O–H groups in total. The quantitative estimate of drug-likeness (QED) is 0.526. The van der Waals surface area contributed by atoms with Crippen molar-refractivity contribution in [3.8, 4) is 17.2 Å². The number of nitrogens with one attached hydrogen (secondary N) is 1. The second-order valence-electron chi connectivity index (χ2n) is 8.10. The van der Waals surface area contributed by atoms with E-state index in [1.54, 1.807) is 29.0 Å². The van der Waals surface area contributed by atoms with E-state index >= 15 is 0 Å². The fourth-order valence-corrected chi connectivity index (χ4v) is 4.74. The molecule has 0 saturated carbocycles. The number of hydrogen-bond acceptors (Lipinski definition) is 7. The molecule has 35 heavy (non-hydrogen) atoms. The summed E-state index contributed by atoms with van der Waals surface area (Å²) in [5, 5.41) is 6.74. The minimum absolute atomic E-state index is 0.0694. The summed E-state index contributed by atoms with van der Waals surface area (Å²) in [5.41, 5.74) is 3.82. The van der Waals surface area contributed by atoms with Crippen molar-refractivity contribution in [3.05, 3.63) is 76.0 Å². The van der Waals surface area contributed by atoms with E-state index in [0.717, 1.165) is 33.5 Å². The molecule has 10 heteroatoms. The van der Waals surface area contributed by atoms with E-state index in [1.165, 1.54) is 6.20 Å². The largest absolute Gasteiger partial charge is 0.454 e. The molecule has 178 valence electrons. The SMILES string of the molecule is Cc1cccc(-n2ncc(C(=O)NCCN3C(=O)S/C(=C\c4ccc5c(c4)OCO5)C3=O)c2C)c1. The van der Waals surface area contributed by atoms with E-state index < -0.39 is 5.91 Å². The second kappa shape index (κ2) is 9.30. The first-order chi connectivity index (χ1) is 16.9. The van der Waals surface area contributed by atoms with E-state index in [1.807, 2.05) is 38.1 Å². The van der Waals surface area contributed by atoms with Crippen LogP contribution in [-0.4, -0.2) is 51.6 Å². The van der Waals surface area contributed by atoms with Gasteiger partial charge in [0.1, 0.15) is 0 Å². The van der Waals surface area contributed by atoms with Crippen LogP contribution >= 0.6 is 11.8 Å². The number of rotatable bonds is 6. The molecule has 0 aliphatic carbocycles. The van der Waals surface area contributed by atoms with Gasteiger partial charge in [-0.15, -0.1) is 0 Å².